The Bertz CT molecular complexity index is 1130. The molecule has 0 bridgehead atoms. The molecular formula is C20H18FN5O2. The first-order valence-corrected chi connectivity index (χ1v) is 8.60. The summed E-state index contributed by atoms with van der Waals surface area (Å²) in [5.74, 6) is 2.21. The summed E-state index contributed by atoms with van der Waals surface area (Å²) in [7, 11) is 3.22. The van der Waals surface area contributed by atoms with Gasteiger partial charge in [-0.15, -0.1) is 10.2 Å². The predicted octanol–water partition coefficient (Wildman–Crippen LogP) is 3.56. The smallest absolute Gasteiger partial charge is 0.203 e. The van der Waals surface area contributed by atoms with Crippen molar-refractivity contribution < 1.29 is 13.9 Å². The Labute approximate surface area is 160 Å². The summed E-state index contributed by atoms with van der Waals surface area (Å²) >= 11 is 0. The molecule has 0 radical (unpaired) electrons. The highest BCUT2D eigenvalue weighted by Gasteiger charge is 2.13. The molecule has 0 saturated heterocycles. The summed E-state index contributed by atoms with van der Waals surface area (Å²) in [6, 6.07) is 11.9. The maximum Gasteiger partial charge on any atom is 0.203 e. The molecule has 0 aliphatic rings. The fraction of sp³-hybridized carbons (Fsp3) is 0.150. The van der Waals surface area contributed by atoms with E-state index in [1.807, 2.05) is 18.2 Å². The first-order chi connectivity index (χ1) is 13.7. The molecule has 2 aromatic carbocycles. The van der Waals surface area contributed by atoms with Crippen molar-refractivity contribution in [2.45, 2.75) is 6.54 Å². The number of nitrogens with one attached hydrogen (secondary N) is 1. The van der Waals surface area contributed by atoms with Crippen LogP contribution in [0.4, 0.5) is 10.2 Å². The topological polar surface area (TPSA) is 73.6 Å². The first kappa shape index (κ1) is 17.7. The SMILES string of the molecule is COc1ccc(CNc2nccn3c(-c4cccc(F)c4)nnc23)c(OC)c1. The monoisotopic (exact) mass is 379 g/mol. The number of methoxy groups -OCH3 is 2. The average molecular weight is 379 g/mol. The number of ether oxygens (including phenoxy) is 2. The minimum Gasteiger partial charge on any atom is -0.497 e. The quantitative estimate of drug-likeness (QED) is 0.552. The Morgan fingerprint density at radius 3 is 2.75 bits per heavy atom. The van der Waals surface area contributed by atoms with E-state index in [-0.39, 0.29) is 5.82 Å². The molecule has 7 nitrogen and oxygen atoms in total. The largest absolute Gasteiger partial charge is 0.497 e. The number of nitrogens with zero attached hydrogens (tertiary/aromatic N) is 4. The fourth-order valence-corrected chi connectivity index (χ4v) is 2.95. The number of fused-ring (bicyclic) bond motifs is 1. The zero-order valence-corrected chi connectivity index (χ0v) is 15.4. The molecule has 0 fully saturated rings. The van der Waals surface area contributed by atoms with Crippen LogP contribution in [0.25, 0.3) is 17.0 Å². The molecule has 4 aromatic rings. The number of rotatable bonds is 6. The van der Waals surface area contributed by atoms with Gasteiger partial charge in [-0.05, 0) is 24.3 Å². The third-order valence-electron chi connectivity index (χ3n) is 4.35. The van der Waals surface area contributed by atoms with E-state index < -0.39 is 0 Å². The number of anilines is 1. The number of aromatic nitrogens is 4. The minimum atomic E-state index is -0.326. The van der Waals surface area contributed by atoms with Gasteiger partial charge in [0.1, 0.15) is 17.3 Å². The first-order valence-electron chi connectivity index (χ1n) is 8.60. The van der Waals surface area contributed by atoms with Crippen LogP contribution >= 0.6 is 0 Å². The van der Waals surface area contributed by atoms with Crippen LogP contribution in [0.5, 0.6) is 11.5 Å². The van der Waals surface area contributed by atoms with Crippen LogP contribution in [0.15, 0.2) is 54.9 Å². The van der Waals surface area contributed by atoms with E-state index in [1.165, 1.54) is 12.1 Å². The highest BCUT2D eigenvalue weighted by Crippen LogP contribution is 2.26. The Hall–Kier alpha value is -3.68. The average Bonchev–Trinajstić information content (AvgIpc) is 3.17. The lowest BCUT2D eigenvalue weighted by molar-refractivity contribution is 0.391. The summed E-state index contributed by atoms with van der Waals surface area (Å²) in [4.78, 5) is 4.36. The van der Waals surface area contributed by atoms with Gasteiger partial charge in [-0.2, -0.15) is 0 Å². The summed E-state index contributed by atoms with van der Waals surface area (Å²) in [6.45, 7) is 0.474. The van der Waals surface area contributed by atoms with Crippen LogP contribution < -0.4 is 14.8 Å². The normalized spacial score (nSPS) is 10.8. The third-order valence-corrected chi connectivity index (χ3v) is 4.35. The number of hydrogen-bond donors (Lipinski definition) is 1. The number of benzene rings is 2. The molecule has 142 valence electrons. The van der Waals surface area contributed by atoms with E-state index in [4.69, 9.17) is 9.47 Å². The van der Waals surface area contributed by atoms with Crippen molar-refractivity contribution >= 4 is 11.5 Å². The van der Waals surface area contributed by atoms with Gasteiger partial charge in [0.2, 0.25) is 5.65 Å². The predicted molar refractivity (Wildman–Crippen MR) is 103 cm³/mol. The molecule has 8 heteroatoms. The summed E-state index contributed by atoms with van der Waals surface area (Å²) in [5.41, 5.74) is 2.13. The molecule has 0 aliphatic carbocycles. The van der Waals surface area contributed by atoms with Crippen LogP contribution in [0.2, 0.25) is 0 Å². The van der Waals surface area contributed by atoms with Gasteiger partial charge < -0.3 is 14.8 Å². The molecule has 0 saturated carbocycles. The molecule has 2 heterocycles. The van der Waals surface area contributed by atoms with Gasteiger partial charge in [-0.1, -0.05) is 12.1 Å². The van der Waals surface area contributed by atoms with E-state index in [0.29, 0.717) is 35.1 Å². The Morgan fingerprint density at radius 1 is 1.07 bits per heavy atom. The third kappa shape index (κ3) is 3.32. The van der Waals surface area contributed by atoms with Gasteiger partial charge >= 0.3 is 0 Å². The van der Waals surface area contributed by atoms with Crippen LogP contribution in [0.3, 0.4) is 0 Å². The molecule has 0 aliphatic heterocycles. The van der Waals surface area contributed by atoms with E-state index in [9.17, 15) is 4.39 Å². The fourth-order valence-electron chi connectivity index (χ4n) is 2.95. The van der Waals surface area contributed by atoms with Crippen LogP contribution in [0, 0.1) is 5.82 Å². The summed E-state index contributed by atoms with van der Waals surface area (Å²) < 4.78 is 26.0. The number of halogens is 1. The zero-order chi connectivity index (χ0) is 19.5. The number of hydrogen-bond acceptors (Lipinski definition) is 6. The van der Waals surface area contributed by atoms with Crippen molar-refractivity contribution in [2.75, 3.05) is 19.5 Å². The standard InChI is InChI=1S/C20H18FN5O2/c1-27-16-7-6-14(17(11-16)28-2)12-23-18-20-25-24-19(26(20)9-8-22-18)13-4-3-5-15(21)10-13/h3-11H,12H2,1-2H3,(H,22,23). The molecular weight excluding hydrogens is 361 g/mol. The van der Waals surface area contributed by atoms with E-state index in [0.717, 1.165) is 11.3 Å². The van der Waals surface area contributed by atoms with Crippen LogP contribution in [-0.2, 0) is 6.54 Å². The molecule has 28 heavy (non-hydrogen) atoms. The van der Waals surface area contributed by atoms with Crippen molar-refractivity contribution in [1.82, 2.24) is 19.6 Å². The van der Waals surface area contributed by atoms with Gasteiger partial charge in [0.05, 0.1) is 14.2 Å². The second-order valence-electron chi connectivity index (χ2n) is 6.03. The van der Waals surface area contributed by atoms with E-state index >= 15 is 0 Å². The summed E-state index contributed by atoms with van der Waals surface area (Å²) in [6.07, 6.45) is 3.39. The lowest BCUT2D eigenvalue weighted by Gasteiger charge is -2.12. The second-order valence-corrected chi connectivity index (χ2v) is 6.03. The summed E-state index contributed by atoms with van der Waals surface area (Å²) in [5, 5.41) is 11.7. The van der Waals surface area contributed by atoms with Gasteiger partial charge in [0, 0.05) is 36.1 Å². The van der Waals surface area contributed by atoms with Gasteiger partial charge in [-0.3, -0.25) is 4.40 Å². The highest BCUT2D eigenvalue weighted by atomic mass is 19.1. The Morgan fingerprint density at radius 2 is 1.96 bits per heavy atom. The van der Waals surface area contributed by atoms with E-state index in [2.05, 4.69) is 20.5 Å². The van der Waals surface area contributed by atoms with Gasteiger partial charge in [-0.25, -0.2) is 9.37 Å². The maximum absolute atomic E-state index is 13.6. The lowest BCUT2D eigenvalue weighted by atomic mass is 10.2. The van der Waals surface area contributed by atoms with Crippen molar-refractivity contribution in [2.24, 2.45) is 0 Å². The van der Waals surface area contributed by atoms with Crippen molar-refractivity contribution in [1.29, 1.82) is 0 Å². The second kappa shape index (κ2) is 7.51. The molecule has 0 unspecified atom stereocenters. The maximum atomic E-state index is 13.6. The molecule has 0 amide bonds. The molecule has 1 N–H and O–H groups in total. The van der Waals surface area contributed by atoms with Crippen molar-refractivity contribution in [3.8, 4) is 22.9 Å². The molecule has 4 rings (SSSR count). The Kier molecular flexibility index (Phi) is 4.76. The van der Waals surface area contributed by atoms with Crippen LogP contribution in [0.1, 0.15) is 5.56 Å². The van der Waals surface area contributed by atoms with Crippen molar-refractivity contribution in [3.05, 3.63) is 66.2 Å². The zero-order valence-electron chi connectivity index (χ0n) is 15.4. The van der Waals surface area contributed by atoms with E-state index in [1.54, 1.807) is 43.1 Å². The Balaban J connectivity index is 1.64. The van der Waals surface area contributed by atoms with Gasteiger partial charge in [0.15, 0.2) is 11.6 Å². The molecule has 2 aromatic heterocycles. The molecule has 0 spiro atoms. The van der Waals surface area contributed by atoms with Crippen molar-refractivity contribution in [3.63, 3.8) is 0 Å². The van der Waals surface area contributed by atoms with Crippen LogP contribution in [-0.4, -0.2) is 33.8 Å². The minimum absolute atomic E-state index is 0.326. The lowest BCUT2D eigenvalue weighted by Crippen LogP contribution is -2.05. The van der Waals surface area contributed by atoms with Gasteiger partial charge in [0.25, 0.3) is 0 Å². The highest BCUT2D eigenvalue weighted by molar-refractivity contribution is 5.67. The molecule has 0 atom stereocenters.